The third kappa shape index (κ3) is 5.68. The van der Waals surface area contributed by atoms with Gasteiger partial charge in [0, 0.05) is 44.6 Å². The van der Waals surface area contributed by atoms with Crippen LogP contribution in [0.15, 0.2) is 24.3 Å². The number of piperidine rings is 1. The quantitative estimate of drug-likeness (QED) is 0.773. The average Bonchev–Trinajstić information content (AvgIpc) is 2.73. The monoisotopic (exact) mass is 375 g/mol. The lowest BCUT2D eigenvalue weighted by molar-refractivity contribution is -0.136. The Morgan fingerprint density at radius 3 is 2.63 bits per heavy atom. The highest BCUT2D eigenvalue weighted by molar-refractivity contribution is 5.80. The molecule has 1 atom stereocenters. The van der Waals surface area contributed by atoms with Crippen molar-refractivity contribution in [2.45, 2.75) is 31.8 Å². The Morgan fingerprint density at radius 2 is 2.00 bits per heavy atom. The minimum Gasteiger partial charge on any atom is -0.497 e. The van der Waals surface area contributed by atoms with E-state index in [1.807, 2.05) is 29.2 Å². The molecule has 1 unspecified atom stereocenters. The molecule has 2 fully saturated rings. The minimum absolute atomic E-state index is 0.0246. The number of carbonyl (C=O) groups is 2. The molecule has 2 heterocycles. The van der Waals surface area contributed by atoms with Crippen molar-refractivity contribution in [2.75, 3.05) is 40.0 Å². The SMILES string of the molecule is COc1ccc(CNC(=O)C2CCN(C(=O)CC3COCCN3)CC2)cc1. The van der Waals surface area contributed by atoms with E-state index in [-0.39, 0.29) is 23.8 Å². The third-order valence-electron chi connectivity index (χ3n) is 5.26. The van der Waals surface area contributed by atoms with Gasteiger partial charge in [-0.05, 0) is 30.5 Å². The number of morpholine rings is 1. The number of hydrogen-bond acceptors (Lipinski definition) is 5. The Balaban J connectivity index is 1.38. The lowest BCUT2D eigenvalue weighted by Crippen LogP contribution is -2.47. The molecule has 27 heavy (non-hydrogen) atoms. The van der Waals surface area contributed by atoms with E-state index in [0.29, 0.717) is 39.3 Å². The molecule has 7 heteroatoms. The summed E-state index contributed by atoms with van der Waals surface area (Å²) in [7, 11) is 1.63. The largest absolute Gasteiger partial charge is 0.497 e. The maximum absolute atomic E-state index is 12.4. The van der Waals surface area contributed by atoms with Crippen LogP contribution in [0.25, 0.3) is 0 Å². The molecule has 3 rings (SSSR count). The Morgan fingerprint density at radius 1 is 1.26 bits per heavy atom. The first-order chi connectivity index (χ1) is 13.2. The van der Waals surface area contributed by atoms with Crippen LogP contribution in [0.5, 0.6) is 5.75 Å². The molecule has 2 aliphatic rings. The molecule has 7 nitrogen and oxygen atoms in total. The van der Waals surface area contributed by atoms with Crippen LogP contribution in [0, 0.1) is 5.92 Å². The van der Waals surface area contributed by atoms with Crippen LogP contribution in [0.2, 0.25) is 0 Å². The molecule has 2 amide bonds. The summed E-state index contributed by atoms with van der Waals surface area (Å²) < 4.78 is 10.5. The number of methoxy groups -OCH3 is 1. The summed E-state index contributed by atoms with van der Waals surface area (Å²) in [5.74, 6) is 0.996. The highest BCUT2D eigenvalue weighted by atomic mass is 16.5. The van der Waals surface area contributed by atoms with Gasteiger partial charge in [0.05, 0.1) is 20.3 Å². The molecule has 0 aliphatic carbocycles. The molecule has 1 aromatic carbocycles. The maximum Gasteiger partial charge on any atom is 0.224 e. The van der Waals surface area contributed by atoms with Crippen LogP contribution in [0.4, 0.5) is 0 Å². The Bertz CT molecular complexity index is 621. The van der Waals surface area contributed by atoms with Crippen molar-refractivity contribution in [2.24, 2.45) is 5.92 Å². The minimum atomic E-state index is -0.0246. The first kappa shape index (κ1) is 19.6. The van der Waals surface area contributed by atoms with E-state index < -0.39 is 0 Å². The zero-order valence-electron chi connectivity index (χ0n) is 15.9. The number of amides is 2. The number of carbonyl (C=O) groups excluding carboxylic acids is 2. The number of nitrogens with zero attached hydrogens (tertiary/aromatic N) is 1. The molecule has 2 saturated heterocycles. The van der Waals surface area contributed by atoms with E-state index in [4.69, 9.17) is 9.47 Å². The lowest BCUT2D eigenvalue weighted by Gasteiger charge is -2.33. The summed E-state index contributed by atoms with van der Waals surface area (Å²) in [4.78, 5) is 26.7. The van der Waals surface area contributed by atoms with Crippen LogP contribution < -0.4 is 15.4 Å². The van der Waals surface area contributed by atoms with Crippen molar-refractivity contribution in [3.8, 4) is 5.75 Å². The van der Waals surface area contributed by atoms with E-state index in [9.17, 15) is 9.59 Å². The summed E-state index contributed by atoms with van der Waals surface area (Å²) in [5, 5.41) is 6.32. The number of nitrogens with one attached hydrogen (secondary N) is 2. The van der Waals surface area contributed by atoms with Gasteiger partial charge in [-0.25, -0.2) is 0 Å². The van der Waals surface area contributed by atoms with Crippen LogP contribution >= 0.6 is 0 Å². The van der Waals surface area contributed by atoms with Crippen molar-refractivity contribution < 1.29 is 19.1 Å². The molecule has 0 spiro atoms. The van der Waals surface area contributed by atoms with Gasteiger partial charge in [-0.1, -0.05) is 12.1 Å². The Labute approximate surface area is 160 Å². The number of rotatable bonds is 6. The summed E-state index contributed by atoms with van der Waals surface area (Å²) in [6.45, 7) is 3.90. The van der Waals surface area contributed by atoms with Crippen molar-refractivity contribution in [1.29, 1.82) is 0 Å². The van der Waals surface area contributed by atoms with Gasteiger partial charge in [-0.2, -0.15) is 0 Å². The van der Waals surface area contributed by atoms with Gasteiger partial charge in [0.2, 0.25) is 11.8 Å². The number of hydrogen-bond donors (Lipinski definition) is 2. The molecule has 148 valence electrons. The van der Waals surface area contributed by atoms with Crippen molar-refractivity contribution in [1.82, 2.24) is 15.5 Å². The van der Waals surface area contributed by atoms with E-state index >= 15 is 0 Å². The normalized spacial score (nSPS) is 20.9. The smallest absolute Gasteiger partial charge is 0.224 e. The van der Waals surface area contributed by atoms with Crippen LogP contribution in [-0.4, -0.2) is 62.7 Å². The third-order valence-corrected chi connectivity index (χ3v) is 5.26. The first-order valence-corrected chi connectivity index (χ1v) is 9.65. The van der Waals surface area contributed by atoms with E-state index in [0.717, 1.165) is 30.7 Å². The topological polar surface area (TPSA) is 79.9 Å². The summed E-state index contributed by atoms with van der Waals surface area (Å²) in [5.41, 5.74) is 1.04. The second kappa shape index (κ2) is 9.71. The average molecular weight is 375 g/mol. The fourth-order valence-electron chi connectivity index (χ4n) is 3.56. The predicted octanol–water partition coefficient (Wildman–Crippen LogP) is 0.929. The molecular weight excluding hydrogens is 346 g/mol. The molecule has 0 saturated carbocycles. The van der Waals surface area contributed by atoms with Crippen LogP contribution in [0.3, 0.4) is 0 Å². The first-order valence-electron chi connectivity index (χ1n) is 9.65. The zero-order valence-corrected chi connectivity index (χ0v) is 15.9. The molecule has 2 aliphatic heterocycles. The lowest BCUT2D eigenvalue weighted by atomic mass is 9.95. The molecule has 0 radical (unpaired) electrons. The number of benzene rings is 1. The fourth-order valence-corrected chi connectivity index (χ4v) is 3.56. The summed E-state index contributed by atoms with van der Waals surface area (Å²) in [6, 6.07) is 7.78. The molecule has 2 N–H and O–H groups in total. The summed E-state index contributed by atoms with van der Waals surface area (Å²) in [6.07, 6.45) is 1.90. The van der Waals surface area contributed by atoms with Gasteiger partial charge < -0.3 is 25.0 Å². The molecule has 0 bridgehead atoms. The Hall–Kier alpha value is -2.12. The predicted molar refractivity (Wildman–Crippen MR) is 101 cm³/mol. The van der Waals surface area contributed by atoms with Gasteiger partial charge in [0.15, 0.2) is 0 Å². The van der Waals surface area contributed by atoms with Crippen LogP contribution in [-0.2, 0) is 20.9 Å². The molecule has 0 aromatic heterocycles. The highest BCUT2D eigenvalue weighted by Gasteiger charge is 2.28. The van der Waals surface area contributed by atoms with Gasteiger partial charge in [0.25, 0.3) is 0 Å². The van der Waals surface area contributed by atoms with Gasteiger partial charge >= 0.3 is 0 Å². The van der Waals surface area contributed by atoms with Crippen molar-refractivity contribution >= 4 is 11.8 Å². The number of ether oxygens (including phenoxy) is 2. The van der Waals surface area contributed by atoms with Gasteiger partial charge in [-0.3, -0.25) is 9.59 Å². The maximum atomic E-state index is 12.4. The van der Waals surface area contributed by atoms with Crippen molar-refractivity contribution in [3.05, 3.63) is 29.8 Å². The Kier molecular flexibility index (Phi) is 7.06. The number of likely N-dealkylation sites (tertiary alicyclic amines) is 1. The second-order valence-electron chi connectivity index (χ2n) is 7.15. The van der Waals surface area contributed by atoms with Gasteiger partial charge in [-0.15, -0.1) is 0 Å². The molecular formula is C20H29N3O4. The summed E-state index contributed by atoms with van der Waals surface area (Å²) >= 11 is 0. The van der Waals surface area contributed by atoms with E-state index in [2.05, 4.69) is 10.6 Å². The van der Waals surface area contributed by atoms with Gasteiger partial charge in [0.1, 0.15) is 5.75 Å². The fraction of sp³-hybridized carbons (Fsp3) is 0.600. The highest BCUT2D eigenvalue weighted by Crippen LogP contribution is 2.19. The van der Waals surface area contributed by atoms with E-state index in [1.165, 1.54) is 0 Å². The van der Waals surface area contributed by atoms with Crippen LogP contribution in [0.1, 0.15) is 24.8 Å². The van der Waals surface area contributed by atoms with E-state index in [1.54, 1.807) is 7.11 Å². The zero-order chi connectivity index (χ0) is 19.1. The van der Waals surface area contributed by atoms with Crippen molar-refractivity contribution in [3.63, 3.8) is 0 Å². The second-order valence-corrected chi connectivity index (χ2v) is 7.15. The standard InChI is InChI=1S/C20H29N3O4/c1-26-18-4-2-15(3-5-18)13-22-20(25)16-6-9-23(10-7-16)19(24)12-17-14-27-11-8-21-17/h2-5,16-17,21H,6-14H2,1H3,(H,22,25). The molecule has 1 aromatic rings.